The van der Waals surface area contributed by atoms with Crippen LogP contribution in [0.25, 0.3) is 11.3 Å². The Morgan fingerprint density at radius 1 is 1.47 bits per heavy atom. The second-order valence-corrected chi connectivity index (χ2v) is 3.09. The summed E-state index contributed by atoms with van der Waals surface area (Å²) < 4.78 is 14.6. The van der Waals surface area contributed by atoms with Crippen LogP contribution in [0.5, 0.6) is 11.6 Å². The highest BCUT2D eigenvalue weighted by atomic mass is 16.7. The number of carboxylic acid groups (broad SMARTS) is 1. The van der Waals surface area contributed by atoms with Gasteiger partial charge in [-0.05, 0) is 12.1 Å². The smallest absolute Gasteiger partial charge is 0.497 e. The number of carbonyl (C=O) groups is 1. The maximum absolute atomic E-state index is 10.4. The maximum atomic E-state index is 10.4. The Labute approximate surface area is 96.4 Å². The lowest BCUT2D eigenvalue weighted by Crippen LogP contribution is -2.03. The fourth-order valence-corrected chi connectivity index (χ4v) is 1.35. The first-order chi connectivity index (χ1) is 8.20. The van der Waals surface area contributed by atoms with Crippen LogP contribution in [-0.2, 0) is 0 Å². The zero-order valence-corrected chi connectivity index (χ0v) is 8.91. The van der Waals surface area contributed by atoms with E-state index in [-0.39, 0.29) is 11.6 Å². The number of nitrogens with zero attached hydrogens (tertiary/aromatic N) is 1. The van der Waals surface area contributed by atoms with E-state index >= 15 is 0 Å². The van der Waals surface area contributed by atoms with Crippen LogP contribution in [0.2, 0.25) is 0 Å². The molecular weight excluding hydrogens is 226 g/mol. The molecule has 0 aliphatic heterocycles. The molecule has 1 aromatic heterocycles. The predicted molar refractivity (Wildman–Crippen MR) is 57.1 cm³/mol. The third-order valence-corrected chi connectivity index (χ3v) is 2.05. The molecule has 6 heteroatoms. The van der Waals surface area contributed by atoms with Crippen LogP contribution < -0.4 is 9.47 Å². The summed E-state index contributed by atoms with van der Waals surface area (Å²) in [4.78, 5) is 14.1. The molecule has 0 atom stereocenters. The minimum atomic E-state index is -1.44. The number of ether oxygens (including phenoxy) is 2. The molecule has 2 aromatic rings. The van der Waals surface area contributed by atoms with E-state index < -0.39 is 6.16 Å². The van der Waals surface area contributed by atoms with E-state index in [4.69, 9.17) is 14.3 Å². The van der Waals surface area contributed by atoms with E-state index in [9.17, 15) is 4.79 Å². The topological polar surface area (TPSA) is 81.8 Å². The average molecular weight is 235 g/mol. The third kappa shape index (κ3) is 2.36. The summed E-state index contributed by atoms with van der Waals surface area (Å²) in [6, 6.07) is 6.94. The lowest BCUT2D eigenvalue weighted by atomic mass is 10.2. The van der Waals surface area contributed by atoms with E-state index in [2.05, 4.69) is 9.72 Å². The van der Waals surface area contributed by atoms with Crippen LogP contribution in [0.4, 0.5) is 4.79 Å². The number of oxazole rings is 1. The highest BCUT2D eigenvalue weighted by molar-refractivity contribution is 5.68. The molecule has 0 unspecified atom stereocenters. The molecule has 0 saturated heterocycles. The molecule has 0 aliphatic carbocycles. The summed E-state index contributed by atoms with van der Waals surface area (Å²) in [6.45, 7) is 0. The number of aromatic nitrogens is 1. The molecule has 1 heterocycles. The first kappa shape index (κ1) is 11.0. The summed E-state index contributed by atoms with van der Waals surface area (Å²) in [5.41, 5.74) is 0.623. The minimum absolute atomic E-state index is 0.0919. The van der Waals surface area contributed by atoms with E-state index in [1.165, 1.54) is 7.11 Å². The van der Waals surface area contributed by atoms with Gasteiger partial charge in [0.2, 0.25) is 0 Å². The highest BCUT2D eigenvalue weighted by Crippen LogP contribution is 2.30. The molecule has 1 N–H and O–H groups in total. The van der Waals surface area contributed by atoms with Crippen molar-refractivity contribution in [2.24, 2.45) is 0 Å². The van der Waals surface area contributed by atoms with Crippen molar-refractivity contribution in [1.29, 1.82) is 0 Å². The van der Waals surface area contributed by atoms with Crippen LogP contribution in [0.1, 0.15) is 0 Å². The van der Waals surface area contributed by atoms with E-state index in [1.54, 1.807) is 24.3 Å². The first-order valence-electron chi connectivity index (χ1n) is 4.69. The van der Waals surface area contributed by atoms with Crippen molar-refractivity contribution in [3.8, 4) is 23.0 Å². The molecule has 17 heavy (non-hydrogen) atoms. The van der Waals surface area contributed by atoms with Crippen molar-refractivity contribution >= 4 is 6.16 Å². The Kier molecular flexibility index (Phi) is 2.95. The monoisotopic (exact) mass is 235 g/mol. The number of hydrogen-bond acceptors (Lipinski definition) is 5. The number of hydrogen-bond donors (Lipinski definition) is 1. The molecular formula is C11H9NO5. The molecule has 0 radical (unpaired) electrons. The van der Waals surface area contributed by atoms with E-state index in [0.29, 0.717) is 11.3 Å². The molecule has 0 saturated carbocycles. The Hall–Kier alpha value is -2.50. The summed E-state index contributed by atoms with van der Waals surface area (Å²) in [6.07, 6.45) is -0.323. The van der Waals surface area contributed by atoms with Gasteiger partial charge in [0.1, 0.15) is 5.75 Å². The van der Waals surface area contributed by atoms with Gasteiger partial charge < -0.3 is 19.0 Å². The van der Waals surface area contributed by atoms with Gasteiger partial charge in [-0.2, -0.15) is 4.98 Å². The van der Waals surface area contributed by atoms with Crippen LogP contribution in [0, 0.1) is 0 Å². The highest BCUT2D eigenvalue weighted by Gasteiger charge is 2.15. The average Bonchev–Trinajstić information content (AvgIpc) is 2.76. The van der Waals surface area contributed by atoms with Crippen molar-refractivity contribution in [3.05, 3.63) is 30.7 Å². The van der Waals surface area contributed by atoms with Crippen LogP contribution >= 0.6 is 0 Å². The SMILES string of the molecule is COc1cccc(-c2ocnc2OC(=O)O)c1. The second-order valence-electron chi connectivity index (χ2n) is 3.09. The van der Waals surface area contributed by atoms with Crippen molar-refractivity contribution < 1.29 is 23.8 Å². The van der Waals surface area contributed by atoms with Crippen molar-refractivity contribution in [2.45, 2.75) is 0 Å². The van der Waals surface area contributed by atoms with E-state index in [0.717, 1.165) is 6.39 Å². The standard InChI is InChI=1S/C11H9NO5/c1-15-8-4-2-3-7(5-8)9-10(12-6-16-9)17-11(13)14/h2-6H,1H3,(H,13,14). The summed E-state index contributed by atoms with van der Waals surface area (Å²) in [5.74, 6) is 0.775. The van der Waals surface area contributed by atoms with Crippen molar-refractivity contribution in [2.75, 3.05) is 7.11 Å². The molecule has 0 bridgehead atoms. The molecule has 1 aromatic carbocycles. The first-order valence-corrected chi connectivity index (χ1v) is 4.69. The zero-order valence-electron chi connectivity index (χ0n) is 8.91. The van der Waals surface area contributed by atoms with Gasteiger partial charge in [-0.25, -0.2) is 4.79 Å². The number of benzene rings is 1. The van der Waals surface area contributed by atoms with Gasteiger partial charge in [0.05, 0.1) is 7.11 Å². The fourth-order valence-electron chi connectivity index (χ4n) is 1.35. The van der Waals surface area contributed by atoms with Gasteiger partial charge in [-0.3, -0.25) is 0 Å². The van der Waals surface area contributed by atoms with Crippen LogP contribution in [0.3, 0.4) is 0 Å². The third-order valence-electron chi connectivity index (χ3n) is 2.05. The molecule has 0 amide bonds. The molecule has 0 spiro atoms. The summed E-state index contributed by atoms with van der Waals surface area (Å²) >= 11 is 0. The van der Waals surface area contributed by atoms with Gasteiger partial charge in [-0.15, -0.1) is 0 Å². The Balaban J connectivity index is 2.38. The van der Waals surface area contributed by atoms with Gasteiger partial charge in [0, 0.05) is 5.56 Å². The molecule has 2 rings (SSSR count). The summed E-state index contributed by atoms with van der Waals surface area (Å²) in [5, 5.41) is 8.53. The fraction of sp³-hybridized carbons (Fsp3) is 0.0909. The van der Waals surface area contributed by atoms with Gasteiger partial charge in [0.15, 0.2) is 12.2 Å². The van der Waals surface area contributed by atoms with Gasteiger partial charge in [0.25, 0.3) is 5.88 Å². The van der Waals surface area contributed by atoms with E-state index in [1.807, 2.05) is 0 Å². The number of methoxy groups -OCH3 is 1. The van der Waals surface area contributed by atoms with Crippen LogP contribution in [0.15, 0.2) is 35.1 Å². The minimum Gasteiger partial charge on any atom is -0.497 e. The lowest BCUT2D eigenvalue weighted by Gasteiger charge is -2.02. The molecule has 6 nitrogen and oxygen atoms in total. The second kappa shape index (κ2) is 4.56. The molecule has 0 aliphatic rings. The summed E-state index contributed by atoms with van der Waals surface area (Å²) in [7, 11) is 1.54. The predicted octanol–water partition coefficient (Wildman–Crippen LogP) is 2.41. The number of rotatable bonds is 3. The molecule has 0 fully saturated rings. The quantitative estimate of drug-likeness (QED) is 0.822. The maximum Gasteiger partial charge on any atom is 0.512 e. The van der Waals surface area contributed by atoms with Crippen molar-refractivity contribution in [1.82, 2.24) is 4.98 Å². The largest absolute Gasteiger partial charge is 0.512 e. The zero-order chi connectivity index (χ0) is 12.3. The Morgan fingerprint density at radius 2 is 2.29 bits per heavy atom. The Morgan fingerprint density at radius 3 is 3.00 bits per heavy atom. The molecule has 88 valence electrons. The van der Waals surface area contributed by atoms with Crippen LogP contribution in [-0.4, -0.2) is 23.4 Å². The van der Waals surface area contributed by atoms with Gasteiger partial charge in [-0.1, -0.05) is 12.1 Å². The normalized spacial score (nSPS) is 9.94. The Bertz CT molecular complexity index is 534. The van der Waals surface area contributed by atoms with Gasteiger partial charge >= 0.3 is 6.16 Å². The van der Waals surface area contributed by atoms with Crippen molar-refractivity contribution in [3.63, 3.8) is 0 Å². The lowest BCUT2D eigenvalue weighted by molar-refractivity contribution is 0.143.